The predicted octanol–water partition coefficient (Wildman–Crippen LogP) is 7.33. The van der Waals surface area contributed by atoms with E-state index in [4.69, 9.17) is 19.2 Å². The van der Waals surface area contributed by atoms with Gasteiger partial charge in [0.1, 0.15) is 13.2 Å². The van der Waals surface area contributed by atoms with Crippen molar-refractivity contribution in [3.8, 4) is 5.75 Å². The van der Waals surface area contributed by atoms with Gasteiger partial charge in [0.05, 0.1) is 0 Å². The van der Waals surface area contributed by atoms with Crippen LogP contribution in [-0.2, 0) is 32.8 Å². The van der Waals surface area contributed by atoms with E-state index in [1.54, 1.807) is 0 Å². The zero-order valence-corrected chi connectivity index (χ0v) is 23.5. The summed E-state index contributed by atoms with van der Waals surface area (Å²) in [4.78, 5) is 38.0. The van der Waals surface area contributed by atoms with Crippen molar-refractivity contribution in [2.75, 3.05) is 13.2 Å². The van der Waals surface area contributed by atoms with Crippen LogP contribution in [0.4, 0.5) is 9.59 Å². The lowest BCUT2D eigenvalue weighted by molar-refractivity contribution is -0.168. The molecule has 6 rings (SSSR count). The van der Waals surface area contributed by atoms with Crippen molar-refractivity contribution in [2.45, 2.75) is 69.4 Å². The molecule has 41 heavy (non-hydrogen) atoms. The summed E-state index contributed by atoms with van der Waals surface area (Å²) >= 11 is 0. The van der Waals surface area contributed by atoms with Crippen LogP contribution in [0.15, 0.2) is 78.9 Å². The van der Waals surface area contributed by atoms with Crippen LogP contribution in [0.5, 0.6) is 5.75 Å². The van der Waals surface area contributed by atoms with E-state index in [1.165, 1.54) is 11.1 Å². The molecule has 7 nitrogen and oxygen atoms in total. The number of likely N-dealkylation sites (tertiary alicyclic amines) is 1. The van der Waals surface area contributed by atoms with Gasteiger partial charge in [-0.05, 0) is 66.0 Å². The number of amides is 1. The Morgan fingerprint density at radius 3 is 2.54 bits per heavy atom. The van der Waals surface area contributed by atoms with Gasteiger partial charge in [0.25, 0.3) is 0 Å². The molecule has 4 atom stereocenters. The van der Waals surface area contributed by atoms with Crippen molar-refractivity contribution in [1.82, 2.24) is 4.90 Å². The van der Waals surface area contributed by atoms with Gasteiger partial charge in [-0.1, -0.05) is 86.5 Å². The number of rotatable bonds is 7. The molecular formula is C34H37NO6. The van der Waals surface area contributed by atoms with Crippen LogP contribution >= 0.6 is 0 Å². The Morgan fingerprint density at radius 1 is 0.951 bits per heavy atom. The molecule has 3 aromatic carbocycles. The third kappa shape index (κ3) is 5.63. The molecular weight excluding hydrogens is 518 g/mol. The van der Waals surface area contributed by atoms with Crippen LogP contribution in [0.1, 0.15) is 67.2 Å². The van der Waals surface area contributed by atoms with Gasteiger partial charge in [0.15, 0.2) is 5.75 Å². The summed E-state index contributed by atoms with van der Waals surface area (Å²) in [7, 11) is 0. The lowest BCUT2D eigenvalue weighted by Gasteiger charge is -2.58. The van der Waals surface area contributed by atoms with E-state index in [2.05, 4.69) is 6.07 Å². The summed E-state index contributed by atoms with van der Waals surface area (Å²) in [6.45, 7) is 3.15. The first kappa shape index (κ1) is 27.2. The van der Waals surface area contributed by atoms with E-state index in [0.29, 0.717) is 18.2 Å². The molecule has 3 aromatic rings. The van der Waals surface area contributed by atoms with E-state index in [1.807, 2.05) is 84.6 Å². The number of piperidine rings is 1. The van der Waals surface area contributed by atoms with Gasteiger partial charge in [0, 0.05) is 23.9 Å². The molecule has 1 saturated heterocycles. The van der Waals surface area contributed by atoms with Crippen molar-refractivity contribution in [2.24, 2.45) is 5.92 Å². The molecule has 1 saturated carbocycles. The largest absolute Gasteiger partial charge is 0.549 e. The molecule has 7 heteroatoms. The lowest BCUT2D eigenvalue weighted by Crippen LogP contribution is -2.62. The normalized spacial score (nSPS) is 23.4. The number of carbonyl (C=O) groups is 2. The third-order valence-electron chi connectivity index (χ3n) is 9.27. The van der Waals surface area contributed by atoms with Gasteiger partial charge >= 0.3 is 12.2 Å². The van der Waals surface area contributed by atoms with E-state index in [-0.39, 0.29) is 36.7 Å². The Hall–Kier alpha value is -4.00. The molecule has 1 amide bonds. The number of nitrogens with zero attached hydrogens (tertiary/aromatic N) is 1. The maximum atomic E-state index is 13.3. The highest BCUT2D eigenvalue weighted by molar-refractivity contribution is 5.69. The van der Waals surface area contributed by atoms with Gasteiger partial charge in [-0.3, -0.25) is 4.89 Å². The molecule has 0 spiro atoms. The molecule has 1 unspecified atom stereocenters. The van der Waals surface area contributed by atoms with Crippen LogP contribution in [0, 0.1) is 5.92 Å². The SMILES string of the molecule is CC(COC(=O)OOc1ccc2c(c1)[C@@]13CCCC[C@H]1[C@@H](C2)N(C(=O)OCc1ccccc1)CC3)c1ccccc1. The standard InChI is InChI=1S/C34H37NO6/c1-24(26-12-6-3-7-13-26)22-39-33(37)41-40-28-16-15-27-20-31-29-14-8-9-17-34(29,30(27)21-28)18-19-35(31)32(36)38-23-25-10-4-2-5-11-25/h2-7,10-13,15-16,21,24,29,31H,8-9,14,17-20,22-23H2,1H3/t24?,29-,31+,34+/m0/s1. The van der Waals surface area contributed by atoms with E-state index >= 15 is 0 Å². The molecule has 1 aliphatic heterocycles. The molecule has 3 aliphatic rings. The second kappa shape index (κ2) is 11.9. The highest BCUT2D eigenvalue weighted by Gasteiger charge is 2.55. The molecule has 0 aromatic heterocycles. The molecule has 2 aliphatic carbocycles. The number of hydrogen-bond donors (Lipinski definition) is 0. The van der Waals surface area contributed by atoms with Gasteiger partial charge in [-0.25, -0.2) is 9.68 Å². The van der Waals surface area contributed by atoms with Crippen molar-refractivity contribution >= 4 is 12.2 Å². The average molecular weight is 556 g/mol. The zero-order valence-electron chi connectivity index (χ0n) is 23.5. The summed E-state index contributed by atoms with van der Waals surface area (Å²) in [5, 5.41) is 0. The first-order valence-corrected chi connectivity index (χ1v) is 14.7. The van der Waals surface area contributed by atoms with E-state index in [0.717, 1.165) is 49.7 Å². The third-order valence-corrected chi connectivity index (χ3v) is 9.27. The van der Waals surface area contributed by atoms with Gasteiger partial charge in [0.2, 0.25) is 0 Å². The highest BCUT2D eigenvalue weighted by atomic mass is 17.2. The number of ether oxygens (including phenoxy) is 2. The number of benzene rings is 3. The Kier molecular flexibility index (Phi) is 7.86. The molecule has 0 N–H and O–H groups in total. The van der Waals surface area contributed by atoms with Crippen LogP contribution in [0.25, 0.3) is 0 Å². The van der Waals surface area contributed by atoms with Crippen molar-refractivity contribution < 1.29 is 28.8 Å². The first-order chi connectivity index (χ1) is 20.0. The number of hydrogen-bond acceptors (Lipinski definition) is 6. The van der Waals surface area contributed by atoms with Crippen molar-refractivity contribution in [1.29, 1.82) is 0 Å². The topological polar surface area (TPSA) is 74.3 Å². The van der Waals surface area contributed by atoms with Crippen LogP contribution in [-0.4, -0.2) is 36.3 Å². The maximum absolute atomic E-state index is 13.3. The zero-order chi connectivity index (χ0) is 28.2. The molecule has 214 valence electrons. The minimum atomic E-state index is -0.860. The van der Waals surface area contributed by atoms with E-state index < -0.39 is 6.16 Å². The minimum Gasteiger partial charge on any atom is -0.445 e. The highest BCUT2D eigenvalue weighted by Crippen LogP contribution is 2.56. The van der Waals surface area contributed by atoms with Gasteiger partial charge < -0.3 is 14.4 Å². The quantitative estimate of drug-likeness (QED) is 0.173. The Bertz CT molecular complexity index is 1360. The molecule has 1 heterocycles. The Balaban J connectivity index is 1.12. The second-order valence-electron chi connectivity index (χ2n) is 11.6. The Morgan fingerprint density at radius 2 is 1.73 bits per heavy atom. The average Bonchev–Trinajstić information content (AvgIpc) is 3.02. The molecule has 2 bridgehead atoms. The number of fused-ring (bicyclic) bond motifs is 1. The van der Waals surface area contributed by atoms with Crippen LogP contribution < -0.4 is 4.89 Å². The maximum Gasteiger partial charge on any atom is 0.549 e. The fourth-order valence-electron chi connectivity index (χ4n) is 7.24. The van der Waals surface area contributed by atoms with Crippen molar-refractivity contribution in [3.63, 3.8) is 0 Å². The smallest absolute Gasteiger partial charge is 0.445 e. The van der Waals surface area contributed by atoms with Crippen molar-refractivity contribution in [3.05, 3.63) is 101 Å². The Labute approximate surface area is 241 Å². The summed E-state index contributed by atoms with van der Waals surface area (Å²) < 4.78 is 11.1. The van der Waals surface area contributed by atoms with Gasteiger partial charge in [-0.2, -0.15) is 4.79 Å². The molecule has 0 radical (unpaired) electrons. The van der Waals surface area contributed by atoms with Gasteiger partial charge in [-0.15, -0.1) is 0 Å². The fraction of sp³-hybridized carbons (Fsp3) is 0.412. The van der Waals surface area contributed by atoms with Crippen LogP contribution in [0.3, 0.4) is 0 Å². The summed E-state index contributed by atoms with van der Waals surface area (Å²) in [6, 6.07) is 25.7. The monoisotopic (exact) mass is 555 g/mol. The predicted molar refractivity (Wildman–Crippen MR) is 153 cm³/mol. The lowest BCUT2D eigenvalue weighted by atomic mass is 9.52. The minimum absolute atomic E-state index is 0.0162. The fourth-order valence-corrected chi connectivity index (χ4v) is 7.24. The van der Waals surface area contributed by atoms with Crippen LogP contribution in [0.2, 0.25) is 0 Å². The second-order valence-corrected chi connectivity index (χ2v) is 11.6. The molecule has 2 fully saturated rings. The summed E-state index contributed by atoms with van der Waals surface area (Å²) in [6.07, 6.45) is 5.06. The first-order valence-electron chi connectivity index (χ1n) is 14.7. The summed E-state index contributed by atoms with van der Waals surface area (Å²) in [5.41, 5.74) is 4.55. The number of carbonyl (C=O) groups excluding carboxylic acids is 2. The summed E-state index contributed by atoms with van der Waals surface area (Å²) in [5.74, 6) is 0.894. The van der Waals surface area contributed by atoms with E-state index in [9.17, 15) is 9.59 Å².